The van der Waals surface area contributed by atoms with Crippen LogP contribution < -0.4 is 11.2 Å². The summed E-state index contributed by atoms with van der Waals surface area (Å²) in [6.45, 7) is 6.44. The molecule has 0 saturated heterocycles. The molecule has 8 nitrogen and oxygen atoms in total. The molecule has 0 radical (unpaired) electrons. The number of nitriles is 1. The zero-order valence-corrected chi connectivity index (χ0v) is 14.6. The highest BCUT2D eigenvalue weighted by Crippen LogP contribution is 2.27. The average Bonchev–Trinajstić information content (AvgIpc) is 2.53. The quantitative estimate of drug-likeness (QED) is 0.441. The monoisotopic (exact) mass is 342 g/mol. The number of hydrogen-bond donors (Lipinski definition) is 3. The van der Waals surface area contributed by atoms with Gasteiger partial charge in [0.05, 0.1) is 12.2 Å². The lowest BCUT2D eigenvalue weighted by atomic mass is 9.98. The van der Waals surface area contributed by atoms with Crippen molar-refractivity contribution in [1.29, 1.82) is 10.7 Å². The molecule has 1 aliphatic rings. The minimum absolute atomic E-state index is 0.197. The van der Waals surface area contributed by atoms with Crippen LogP contribution in [0.4, 0.5) is 10.5 Å². The largest absolute Gasteiger partial charge is 0.444 e. The second-order valence-electron chi connectivity index (χ2n) is 6.69. The number of fused-ring (bicyclic) bond motifs is 1. The molecule has 1 aliphatic heterocycles. The van der Waals surface area contributed by atoms with E-state index in [-0.39, 0.29) is 11.8 Å². The standard InChI is InChI=1S/C17H22N6O2/c1-17(2,3)25-16(24)23-8-7-11-5-4-6-13(12(11)10-23)21-22-14(9-18)15(19)20/h4-6,21H,7-8,10H2,1-3H3,(H3,19,20)/b22-14+. The van der Waals surface area contributed by atoms with Crippen molar-refractivity contribution < 1.29 is 9.53 Å². The van der Waals surface area contributed by atoms with Crippen molar-refractivity contribution in [3.05, 3.63) is 29.3 Å². The van der Waals surface area contributed by atoms with Gasteiger partial charge in [-0.25, -0.2) is 4.79 Å². The van der Waals surface area contributed by atoms with Gasteiger partial charge in [0.15, 0.2) is 5.84 Å². The van der Waals surface area contributed by atoms with Crippen LogP contribution in [0.5, 0.6) is 0 Å². The molecule has 8 heteroatoms. The van der Waals surface area contributed by atoms with Gasteiger partial charge < -0.3 is 15.4 Å². The number of carbonyl (C=O) groups is 1. The van der Waals surface area contributed by atoms with E-state index in [2.05, 4.69) is 10.5 Å². The minimum atomic E-state index is -0.553. The maximum absolute atomic E-state index is 12.3. The fraction of sp³-hybridized carbons (Fsp3) is 0.412. The van der Waals surface area contributed by atoms with Crippen LogP contribution in [0.3, 0.4) is 0 Å². The van der Waals surface area contributed by atoms with E-state index in [9.17, 15) is 4.79 Å². The number of amidine groups is 1. The van der Waals surface area contributed by atoms with Crippen LogP contribution in [0, 0.1) is 16.7 Å². The molecular weight excluding hydrogens is 320 g/mol. The summed E-state index contributed by atoms with van der Waals surface area (Å²) in [6, 6.07) is 7.43. The van der Waals surface area contributed by atoms with Gasteiger partial charge >= 0.3 is 6.09 Å². The number of nitrogens with zero attached hydrogens (tertiary/aromatic N) is 3. The van der Waals surface area contributed by atoms with Crippen LogP contribution in [0.15, 0.2) is 23.3 Å². The summed E-state index contributed by atoms with van der Waals surface area (Å²) >= 11 is 0. The number of anilines is 1. The molecule has 1 amide bonds. The van der Waals surface area contributed by atoms with Crippen LogP contribution >= 0.6 is 0 Å². The van der Waals surface area contributed by atoms with E-state index in [4.69, 9.17) is 21.1 Å². The second-order valence-corrected chi connectivity index (χ2v) is 6.69. The number of hydrazone groups is 1. The Morgan fingerprint density at radius 2 is 2.20 bits per heavy atom. The Labute approximate surface area is 146 Å². The van der Waals surface area contributed by atoms with Crippen molar-refractivity contribution in [2.45, 2.75) is 39.3 Å². The molecule has 2 rings (SSSR count). The van der Waals surface area contributed by atoms with Crippen molar-refractivity contribution in [2.24, 2.45) is 10.8 Å². The number of rotatable bonds is 3. The molecule has 0 bridgehead atoms. The lowest BCUT2D eigenvalue weighted by Gasteiger charge is -2.32. The zero-order chi connectivity index (χ0) is 18.6. The Kier molecular flexibility index (Phi) is 5.27. The summed E-state index contributed by atoms with van der Waals surface area (Å²) in [4.78, 5) is 13.9. The smallest absolute Gasteiger partial charge is 0.410 e. The summed E-state index contributed by atoms with van der Waals surface area (Å²) in [5, 5.41) is 20.1. The average molecular weight is 342 g/mol. The highest BCUT2D eigenvalue weighted by Gasteiger charge is 2.26. The topological polar surface area (TPSA) is 128 Å². The summed E-state index contributed by atoms with van der Waals surface area (Å²) in [7, 11) is 0. The van der Waals surface area contributed by atoms with E-state index in [0.29, 0.717) is 25.2 Å². The molecule has 25 heavy (non-hydrogen) atoms. The third kappa shape index (κ3) is 4.70. The minimum Gasteiger partial charge on any atom is -0.444 e. The number of amides is 1. The Morgan fingerprint density at radius 1 is 1.48 bits per heavy atom. The Hall–Kier alpha value is -3.08. The van der Waals surface area contributed by atoms with Gasteiger partial charge in [-0.3, -0.25) is 10.8 Å². The lowest BCUT2D eigenvalue weighted by molar-refractivity contribution is 0.0224. The van der Waals surface area contributed by atoms with E-state index in [0.717, 1.165) is 11.1 Å². The summed E-state index contributed by atoms with van der Waals surface area (Å²) in [6.07, 6.45) is 0.337. The van der Waals surface area contributed by atoms with Crippen LogP contribution in [-0.2, 0) is 17.7 Å². The van der Waals surface area contributed by atoms with E-state index in [1.807, 2.05) is 32.9 Å². The van der Waals surface area contributed by atoms with Crippen LogP contribution in [0.1, 0.15) is 31.9 Å². The predicted octanol–water partition coefficient (Wildman–Crippen LogP) is 2.21. The first-order chi connectivity index (χ1) is 11.7. The third-order valence-corrected chi connectivity index (χ3v) is 3.57. The van der Waals surface area contributed by atoms with Gasteiger partial charge in [0, 0.05) is 6.54 Å². The first-order valence-corrected chi connectivity index (χ1v) is 7.88. The van der Waals surface area contributed by atoms with Gasteiger partial charge in [-0.1, -0.05) is 12.1 Å². The maximum atomic E-state index is 12.3. The molecule has 0 fully saturated rings. The predicted molar refractivity (Wildman–Crippen MR) is 95.4 cm³/mol. The first kappa shape index (κ1) is 18.3. The van der Waals surface area contributed by atoms with Gasteiger partial charge in [-0.05, 0) is 44.4 Å². The molecule has 1 aromatic rings. The molecule has 0 spiro atoms. The van der Waals surface area contributed by atoms with Crippen LogP contribution in [0.2, 0.25) is 0 Å². The summed E-state index contributed by atoms with van der Waals surface area (Å²) < 4.78 is 5.43. The van der Waals surface area contributed by atoms with Crippen molar-refractivity contribution >= 4 is 23.3 Å². The maximum Gasteiger partial charge on any atom is 0.410 e. The first-order valence-electron chi connectivity index (χ1n) is 7.88. The van der Waals surface area contributed by atoms with Crippen LogP contribution in [0.25, 0.3) is 0 Å². The van der Waals surface area contributed by atoms with E-state index < -0.39 is 11.4 Å². The van der Waals surface area contributed by atoms with E-state index in [1.165, 1.54) is 0 Å². The van der Waals surface area contributed by atoms with Crippen molar-refractivity contribution in [3.63, 3.8) is 0 Å². The number of nitrogens with one attached hydrogen (secondary N) is 2. The number of hydrogen-bond acceptors (Lipinski definition) is 6. The lowest BCUT2D eigenvalue weighted by Crippen LogP contribution is -2.40. The van der Waals surface area contributed by atoms with Crippen molar-refractivity contribution in [2.75, 3.05) is 12.0 Å². The van der Waals surface area contributed by atoms with Crippen LogP contribution in [-0.4, -0.2) is 34.7 Å². The molecule has 4 N–H and O–H groups in total. The van der Waals surface area contributed by atoms with Crippen molar-refractivity contribution in [1.82, 2.24) is 4.90 Å². The summed E-state index contributed by atoms with van der Waals surface area (Å²) in [5.41, 5.74) is 9.99. The van der Waals surface area contributed by atoms with Crippen molar-refractivity contribution in [3.8, 4) is 6.07 Å². The third-order valence-electron chi connectivity index (χ3n) is 3.57. The number of carbonyl (C=O) groups excluding carboxylic acids is 1. The molecule has 0 atom stereocenters. The Morgan fingerprint density at radius 3 is 2.80 bits per heavy atom. The Balaban J connectivity index is 2.22. The Bertz CT molecular complexity index is 757. The van der Waals surface area contributed by atoms with Gasteiger partial charge in [-0.15, -0.1) is 0 Å². The molecular formula is C17H22N6O2. The van der Waals surface area contributed by atoms with E-state index in [1.54, 1.807) is 17.0 Å². The highest BCUT2D eigenvalue weighted by molar-refractivity contribution is 6.45. The van der Waals surface area contributed by atoms with Gasteiger partial charge in [-0.2, -0.15) is 10.4 Å². The molecule has 0 aliphatic carbocycles. The molecule has 0 unspecified atom stereocenters. The number of benzene rings is 1. The molecule has 1 heterocycles. The molecule has 0 saturated carbocycles. The second kappa shape index (κ2) is 7.21. The van der Waals surface area contributed by atoms with Gasteiger partial charge in [0.25, 0.3) is 0 Å². The fourth-order valence-electron chi connectivity index (χ4n) is 2.43. The number of nitrogens with two attached hydrogens (primary N) is 1. The fourth-order valence-corrected chi connectivity index (χ4v) is 2.43. The number of ether oxygens (including phenoxy) is 1. The van der Waals surface area contributed by atoms with Gasteiger partial charge in [0.2, 0.25) is 5.71 Å². The zero-order valence-electron chi connectivity index (χ0n) is 14.6. The molecule has 0 aromatic heterocycles. The van der Waals surface area contributed by atoms with E-state index >= 15 is 0 Å². The molecule has 132 valence electrons. The molecule has 1 aromatic carbocycles. The van der Waals surface area contributed by atoms with Gasteiger partial charge in [0.1, 0.15) is 11.7 Å². The summed E-state index contributed by atoms with van der Waals surface area (Å²) in [5.74, 6) is -0.407. The SMILES string of the molecule is CC(C)(C)OC(=O)N1CCc2cccc(N/N=C(\C#N)C(=N)N)c2C1. The normalized spacial score (nSPS) is 14.3. The highest BCUT2D eigenvalue weighted by atomic mass is 16.6.